The number of ether oxygens (including phenoxy) is 4. The zero-order valence-electron chi connectivity index (χ0n) is 37.8. The summed E-state index contributed by atoms with van der Waals surface area (Å²) in [5.74, 6) is -1.99. The SMILES string of the molecule is CC/C=C\C/C=C\C/C=C\C/C=C\CCCCCCCCCCC(=O)OC(COC(=O)CCCCCCCCCCCCCC)COC1OC(CS(=O)(=O)O)C(O)C(O)C1O. The summed E-state index contributed by atoms with van der Waals surface area (Å²) in [5.41, 5.74) is 0. The van der Waals surface area contributed by atoms with Crippen LogP contribution in [0.2, 0.25) is 0 Å². The lowest BCUT2D eigenvalue weighted by molar-refractivity contribution is -0.297. The number of carbonyl (C=O) groups is 2. The third-order valence-electron chi connectivity index (χ3n) is 10.7. The van der Waals surface area contributed by atoms with Gasteiger partial charge >= 0.3 is 11.9 Å². The zero-order valence-corrected chi connectivity index (χ0v) is 38.6. The molecule has 0 saturated carbocycles. The molecule has 1 rings (SSSR count). The maximum atomic E-state index is 12.8. The first-order valence-electron chi connectivity index (χ1n) is 23.7. The predicted molar refractivity (Wildman–Crippen MR) is 242 cm³/mol. The molecule has 1 aliphatic heterocycles. The quantitative estimate of drug-likeness (QED) is 0.0198. The number of carbonyl (C=O) groups excluding carboxylic acids is 2. The van der Waals surface area contributed by atoms with E-state index in [1.54, 1.807) is 0 Å². The Balaban J connectivity index is 2.40. The van der Waals surface area contributed by atoms with E-state index in [0.717, 1.165) is 77.0 Å². The van der Waals surface area contributed by atoms with Gasteiger partial charge in [-0.3, -0.25) is 14.1 Å². The third kappa shape index (κ3) is 32.9. The Hall–Kier alpha value is -2.39. The van der Waals surface area contributed by atoms with Gasteiger partial charge in [0.15, 0.2) is 12.4 Å². The molecule has 0 aliphatic carbocycles. The van der Waals surface area contributed by atoms with Crippen LogP contribution >= 0.6 is 0 Å². The standard InChI is InChI=1S/C48H84O12S/c1-3-5-7-9-11-13-15-17-18-19-20-21-22-23-24-25-27-29-31-33-35-37-44(50)59-41(39-58-48-47(53)46(52)45(51)42(60-48)40-61(54,55)56)38-57-43(49)36-34-32-30-28-26-16-14-12-10-8-6-4-2/h5,7,11,13,17-18,20-21,41-42,45-48,51-53H,3-4,6,8-10,12,14-16,19,22-40H2,1-2H3,(H,54,55,56)/b7-5-,13-11-,18-17-,21-20-. The van der Waals surface area contributed by atoms with E-state index >= 15 is 0 Å². The van der Waals surface area contributed by atoms with Gasteiger partial charge in [0, 0.05) is 12.8 Å². The topological polar surface area (TPSA) is 186 Å². The summed E-state index contributed by atoms with van der Waals surface area (Å²) in [5, 5.41) is 30.9. The molecule has 4 N–H and O–H groups in total. The van der Waals surface area contributed by atoms with E-state index in [0.29, 0.717) is 12.8 Å². The van der Waals surface area contributed by atoms with Gasteiger partial charge in [0.1, 0.15) is 36.8 Å². The van der Waals surface area contributed by atoms with Gasteiger partial charge in [-0.1, -0.05) is 172 Å². The molecular weight excluding hydrogens is 801 g/mol. The fourth-order valence-electron chi connectivity index (χ4n) is 7.02. The maximum absolute atomic E-state index is 12.8. The van der Waals surface area contributed by atoms with Gasteiger partial charge in [-0.05, 0) is 51.4 Å². The van der Waals surface area contributed by atoms with Crippen LogP contribution in [0.15, 0.2) is 48.6 Å². The van der Waals surface area contributed by atoms with Crippen molar-refractivity contribution in [2.24, 2.45) is 0 Å². The summed E-state index contributed by atoms with van der Waals surface area (Å²) in [6, 6.07) is 0. The highest BCUT2D eigenvalue weighted by atomic mass is 32.2. The molecule has 0 aromatic heterocycles. The Morgan fingerprint density at radius 2 is 1.03 bits per heavy atom. The van der Waals surface area contributed by atoms with Crippen molar-refractivity contribution in [2.75, 3.05) is 19.0 Å². The van der Waals surface area contributed by atoms with Crippen molar-refractivity contribution in [2.45, 2.75) is 224 Å². The summed E-state index contributed by atoms with van der Waals surface area (Å²) in [7, 11) is -4.60. The van der Waals surface area contributed by atoms with E-state index in [2.05, 4.69) is 62.5 Å². The largest absolute Gasteiger partial charge is 0.462 e. The van der Waals surface area contributed by atoms with Gasteiger partial charge in [0.25, 0.3) is 10.1 Å². The lowest BCUT2D eigenvalue weighted by atomic mass is 10.00. The van der Waals surface area contributed by atoms with Crippen LogP contribution < -0.4 is 0 Å². The van der Waals surface area contributed by atoms with Crippen molar-refractivity contribution in [3.05, 3.63) is 48.6 Å². The highest BCUT2D eigenvalue weighted by Crippen LogP contribution is 2.24. The van der Waals surface area contributed by atoms with Gasteiger partial charge in [0.2, 0.25) is 0 Å². The maximum Gasteiger partial charge on any atom is 0.306 e. The summed E-state index contributed by atoms with van der Waals surface area (Å²) < 4.78 is 54.1. The lowest BCUT2D eigenvalue weighted by Gasteiger charge is -2.40. The van der Waals surface area contributed by atoms with E-state index in [4.69, 9.17) is 18.9 Å². The third-order valence-corrected chi connectivity index (χ3v) is 11.4. The smallest absolute Gasteiger partial charge is 0.306 e. The molecule has 61 heavy (non-hydrogen) atoms. The van der Waals surface area contributed by atoms with Crippen LogP contribution in [0.5, 0.6) is 0 Å². The van der Waals surface area contributed by atoms with Crippen LogP contribution in [-0.2, 0) is 38.7 Å². The van der Waals surface area contributed by atoms with Crippen molar-refractivity contribution in [1.82, 2.24) is 0 Å². The van der Waals surface area contributed by atoms with Crippen molar-refractivity contribution >= 4 is 22.1 Å². The summed E-state index contributed by atoms with van der Waals surface area (Å²) >= 11 is 0. The zero-order chi connectivity index (χ0) is 44.8. The van der Waals surface area contributed by atoms with Gasteiger partial charge in [0.05, 0.1) is 6.61 Å². The van der Waals surface area contributed by atoms with Crippen LogP contribution in [0.4, 0.5) is 0 Å². The molecule has 1 fully saturated rings. The first-order chi connectivity index (χ1) is 29.5. The highest BCUT2D eigenvalue weighted by Gasteiger charge is 2.46. The number of hydrogen-bond donors (Lipinski definition) is 4. The molecule has 0 radical (unpaired) electrons. The number of esters is 2. The lowest BCUT2D eigenvalue weighted by Crippen LogP contribution is -2.60. The molecule has 1 saturated heterocycles. The van der Waals surface area contributed by atoms with Crippen molar-refractivity contribution in [3.63, 3.8) is 0 Å². The summed E-state index contributed by atoms with van der Waals surface area (Å²) in [6.45, 7) is 3.64. The van der Waals surface area contributed by atoms with Crippen LogP contribution in [0.1, 0.15) is 187 Å². The minimum atomic E-state index is -4.60. The van der Waals surface area contributed by atoms with E-state index < -0.39 is 71.2 Å². The number of rotatable bonds is 39. The number of aliphatic hydroxyl groups excluding tert-OH is 3. The number of unbranched alkanes of at least 4 members (excludes halogenated alkanes) is 19. The Morgan fingerprint density at radius 3 is 1.54 bits per heavy atom. The fraction of sp³-hybridized carbons (Fsp3) is 0.792. The molecule has 12 nitrogen and oxygen atoms in total. The molecule has 13 heteroatoms. The minimum absolute atomic E-state index is 0.155. The van der Waals surface area contributed by atoms with Crippen LogP contribution in [0.25, 0.3) is 0 Å². The van der Waals surface area contributed by atoms with E-state index in [1.165, 1.54) is 70.6 Å². The molecule has 1 aliphatic rings. The average Bonchev–Trinajstić information content (AvgIpc) is 3.22. The molecule has 0 bridgehead atoms. The van der Waals surface area contributed by atoms with Crippen LogP contribution in [-0.4, -0.2) is 96.0 Å². The van der Waals surface area contributed by atoms with Gasteiger partial charge < -0.3 is 34.3 Å². The molecule has 6 unspecified atom stereocenters. The first-order valence-corrected chi connectivity index (χ1v) is 25.3. The molecule has 0 aromatic rings. The molecule has 1 heterocycles. The van der Waals surface area contributed by atoms with Crippen LogP contribution in [0.3, 0.4) is 0 Å². The van der Waals surface area contributed by atoms with E-state index in [1.807, 2.05) is 0 Å². The van der Waals surface area contributed by atoms with E-state index in [9.17, 15) is 37.9 Å². The molecule has 0 amide bonds. The monoisotopic (exact) mass is 885 g/mol. The van der Waals surface area contributed by atoms with Crippen LogP contribution in [0, 0.1) is 0 Å². The van der Waals surface area contributed by atoms with Crippen molar-refractivity contribution < 1.29 is 56.8 Å². The normalized spacial score (nSPS) is 20.4. The van der Waals surface area contributed by atoms with Crippen molar-refractivity contribution in [3.8, 4) is 0 Å². The highest BCUT2D eigenvalue weighted by molar-refractivity contribution is 7.85. The first kappa shape index (κ1) is 56.6. The molecule has 0 spiro atoms. The Labute approximate surface area is 369 Å². The number of aliphatic hydroxyl groups is 3. The average molecular weight is 885 g/mol. The summed E-state index contributed by atoms with van der Waals surface area (Å²) in [6.07, 6.45) is 35.8. The van der Waals surface area contributed by atoms with Gasteiger partial charge in [-0.25, -0.2) is 0 Å². The molecular formula is C48H84O12S. The Kier molecular flexibility index (Phi) is 35.4. The second-order valence-electron chi connectivity index (χ2n) is 16.4. The Bertz CT molecular complexity index is 1310. The van der Waals surface area contributed by atoms with Gasteiger partial charge in [-0.2, -0.15) is 8.42 Å². The molecule has 6 atom stereocenters. The fourth-order valence-corrected chi connectivity index (χ4v) is 7.71. The van der Waals surface area contributed by atoms with Gasteiger partial charge in [-0.15, -0.1) is 0 Å². The Morgan fingerprint density at radius 1 is 0.574 bits per heavy atom. The molecule has 0 aromatic carbocycles. The van der Waals surface area contributed by atoms with E-state index in [-0.39, 0.29) is 19.4 Å². The second kappa shape index (κ2) is 38.1. The number of allylic oxidation sites excluding steroid dienone is 8. The minimum Gasteiger partial charge on any atom is -0.462 e. The number of hydrogen-bond acceptors (Lipinski definition) is 11. The molecule has 354 valence electrons. The predicted octanol–water partition coefficient (Wildman–Crippen LogP) is 9.95. The van der Waals surface area contributed by atoms with Crippen molar-refractivity contribution in [1.29, 1.82) is 0 Å². The second-order valence-corrected chi connectivity index (χ2v) is 17.9. The summed E-state index contributed by atoms with van der Waals surface area (Å²) in [4.78, 5) is 25.4.